The average Bonchev–Trinajstić information content (AvgIpc) is 3.00. The molecule has 2 rings (SSSR count). The fourth-order valence-electron chi connectivity index (χ4n) is 1.83. The molecule has 22 heavy (non-hydrogen) atoms. The van der Waals surface area contributed by atoms with Crippen LogP contribution in [0.3, 0.4) is 0 Å². The number of hydrogen-bond acceptors (Lipinski definition) is 3. The molecule has 5 nitrogen and oxygen atoms in total. The van der Waals surface area contributed by atoms with Crippen molar-refractivity contribution in [2.75, 3.05) is 6.54 Å². The molecule has 0 aliphatic heterocycles. The second kappa shape index (κ2) is 7.26. The lowest BCUT2D eigenvalue weighted by Crippen LogP contribution is -2.34. The molecule has 0 fully saturated rings. The minimum atomic E-state index is -0.362. The van der Waals surface area contributed by atoms with Crippen LogP contribution in [0.4, 0.5) is 0 Å². The van der Waals surface area contributed by atoms with Crippen molar-refractivity contribution in [3.8, 4) is 0 Å². The number of aryl methyl sites for hydroxylation is 1. The normalized spacial score (nSPS) is 11.1. The lowest BCUT2D eigenvalue weighted by atomic mass is 10.1. The number of likely N-dealkylation sites (N-methyl/N-ethyl adjacent to an activating group) is 1. The van der Waals surface area contributed by atoms with E-state index < -0.39 is 0 Å². The van der Waals surface area contributed by atoms with Crippen LogP contribution in [0.5, 0.6) is 0 Å². The van der Waals surface area contributed by atoms with E-state index >= 15 is 0 Å². The zero-order valence-electron chi connectivity index (χ0n) is 12.6. The van der Waals surface area contributed by atoms with Crippen molar-refractivity contribution < 1.29 is 14.0 Å². The van der Waals surface area contributed by atoms with Gasteiger partial charge in [-0.3, -0.25) is 9.59 Å². The summed E-state index contributed by atoms with van der Waals surface area (Å²) >= 11 is 0. The van der Waals surface area contributed by atoms with E-state index in [4.69, 9.17) is 4.42 Å². The zero-order valence-corrected chi connectivity index (χ0v) is 12.6. The number of benzene rings is 1. The van der Waals surface area contributed by atoms with Gasteiger partial charge < -0.3 is 15.1 Å². The number of hydrogen-bond donors (Lipinski definition) is 2. The van der Waals surface area contributed by atoms with Crippen LogP contribution in [0, 0.1) is 6.92 Å². The molecule has 2 N–H and O–H groups in total. The molecule has 0 radical (unpaired) electrons. The maximum absolute atomic E-state index is 12.2. The third kappa shape index (κ3) is 4.09. The van der Waals surface area contributed by atoms with Crippen LogP contribution in [-0.2, 0) is 4.79 Å². The maximum Gasteiger partial charge on any atom is 0.267 e. The van der Waals surface area contributed by atoms with Crippen LogP contribution < -0.4 is 10.6 Å². The Bertz CT molecular complexity index is 670. The highest BCUT2D eigenvalue weighted by molar-refractivity contribution is 6.05. The maximum atomic E-state index is 12.2. The summed E-state index contributed by atoms with van der Waals surface area (Å²) in [6.45, 7) is 4.22. The second-order valence-electron chi connectivity index (χ2n) is 4.75. The fraction of sp³-hybridized carbons (Fsp3) is 0.176. The van der Waals surface area contributed by atoms with Gasteiger partial charge in [0, 0.05) is 18.2 Å². The molecule has 2 amide bonds. The van der Waals surface area contributed by atoms with Crippen molar-refractivity contribution >= 4 is 17.9 Å². The van der Waals surface area contributed by atoms with E-state index in [-0.39, 0.29) is 17.5 Å². The summed E-state index contributed by atoms with van der Waals surface area (Å²) in [5.74, 6) is -0.214. The summed E-state index contributed by atoms with van der Waals surface area (Å²) in [4.78, 5) is 24.3. The summed E-state index contributed by atoms with van der Waals surface area (Å²) in [5.41, 5.74) is 1.69. The van der Waals surface area contributed by atoms with Gasteiger partial charge in [0.05, 0.1) is 6.26 Å². The van der Waals surface area contributed by atoms with Gasteiger partial charge in [-0.15, -0.1) is 0 Å². The molecule has 2 aromatic rings. The average molecular weight is 298 g/mol. The number of nitrogens with one attached hydrogen (secondary N) is 2. The smallest absolute Gasteiger partial charge is 0.267 e. The van der Waals surface area contributed by atoms with E-state index in [1.54, 1.807) is 24.3 Å². The van der Waals surface area contributed by atoms with E-state index in [2.05, 4.69) is 10.6 Å². The lowest BCUT2D eigenvalue weighted by molar-refractivity contribution is -0.117. The van der Waals surface area contributed by atoms with Gasteiger partial charge in [-0.2, -0.15) is 0 Å². The van der Waals surface area contributed by atoms with Crippen LogP contribution in [0.1, 0.15) is 28.6 Å². The van der Waals surface area contributed by atoms with Gasteiger partial charge in [0.25, 0.3) is 11.8 Å². The van der Waals surface area contributed by atoms with Crippen molar-refractivity contribution in [1.29, 1.82) is 0 Å². The van der Waals surface area contributed by atoms with Gasteiger partial charge in [-0.05, 0) is 38.1 Å². The predicted molar refractivity (Wildman–Crippen MR) is 84.0 cm³/mol. The Kier molecular flexibility index (Phi) is 5.14. The van der Waals surface area contributed by atoms with E-state index in [9.17, 15) is 9.59 Å². The van der Waals surface area contributed by atoms with E-state index in [0.717, 1.165) is 5.56 Å². The number of amides is 2. The van der Waals surface area contributed by atoms with Gasteiger partial charge in [0.15, 0.2) is 0 Å². The van der Waals surface area contributed by atoms with Gasteiger partial charge in [-0.25, -0.2) is 0 Å². The lowest BCUT2D eigenvalue weighted by Gasteiger charge is -2.09. The molecule has 0 saturated heterocycles. The molecule has 0 aliphatic rings. The molecule has 0 spiro atoms. The van der Waals surface area contributed by atoms with Crippen molar-refractivity contribution in [2.45, 2.75) is 13.8 Å². The highest BCUT2D eigenvalue weighted by Gasteiger charge is 2.14. The van der Waals surface area contributed by atoms with Crippen molar-refractivity contribution in [2.24, 2.45) is 0 Å². The molecule has 1 aromatic heterocycles. The summed E-state index contributed by atoms with van der Waals surface area (Å²) in [5, 5.41) is 5.29. The Morgan fingerprint density at radius 2 is 1.91 bits per heavy atom. The monoisotopic (exact) mass is 298 g/mol. The molecule has 0 bridgehead atoms. The standard InChI is InChI=1S/C17H18N2O3/c1-3-18-17(21)15(11-14-5-4-10-22-14)19-16(20)13-8-6-12(2)7-9-13/h4-11H,3H2,1-2H3,(H,18,21)(H,19,20)/b15-11+. The molecular weight excluding hydrogens is 280 g/mol. The van der Waals surface area contributed by atoms with Crippen LogP contribution in [0.25, 0.3) is 6.08 Å². The number of carbonyl (C=O) groups is 2. The second-order valence-corrected chi connectivity index (χ2v) is 4.75. The first kappa shape index (κ1) is 15.6. The van der Waals surface area contributed by atoms with Gasteiger partial charge >= 0.3 is 0 Å². The highest BCUT2D eigenvalue weighted by Crippen LogP contribution is 2.08. The van der Waals surface area contributed by atoms with E-state index in [1.807, 2.05) is 26.0 Å². The Hall–Kier alpha value is -2.82. The molecular formula is C17H18N2O3. The highest BCUT2D eigenvalue weighted by atomic mass is 16.3. The van der Waals surface area contributed by atoms with Crippen LogP contribution >= 0.6 is 0 Å². The Labute approximate surface area is 129 Å². The van der Waals surface area contributed by atoms with Crippen molar-refractivity contribution in [3.05, 3.63) is 65.2 Å². The Morgan fingerprint density at radius 1 is 1.18 bits per heavy atom. The predicted octanol–water partition coefficient (Wildman–Crippen LogP) is 2.50. The van der Waals surface area contributed by atoms with Crippen molar-refractivity contribution in [1.82, 2.24) is 10.6 Å². The molecule has 0 aliphatic carbocycles. The topological polar surface area (TPSA) is 71.3 Å². The summed E-state index contributed by atoms with van der Waals surface area (Å²) in [7, 11) is 0. The molecule has 1 heterocycles. The molecule has 0 atom stereocenters. The third-order valence-electron chi connectivity index (χ3n) is 2.97. The minimum absolute atomic E-state index is 0.141. The number of carbonyl (C=O) groups excluding carboxylic acids is 2. The SMILES string of the molecule is CCNC(=O)/C(=C\c1ccco1)NC(=O)c1ccc(C)cc1. The summed E-state index contributed by atoms with van der Waals surface area (Å²) < 4.78 is 5.19. The quantitative estimate of drug-likeness (QED) is 0.833. The first-order valence-electron chi connectivity index (χ1n) is 7.01. The minimum Gasteiger partial charge on any atom is -0.465 e. The van der Waals surface area contributed by atoms with Crippen LogP contribution in [0.15, 0.2) is 52.8 Å². The first-order chi connectivity index (χ1) is 10.6. The Morgan fingerprint density at radius 3 is 2.50 bits per heavy atom. The zero-order chi connectivity index (χ0) is 15.9. The van der Waals surface area contributed by atoms with Gasteiger partial charge in [0.2, 0.25) is 0 Å². The largest absolute Gasteiger partial charge is 0.465 e. The van der Waals surface area contributed by atoms with Gasteiger partial charge in [0.1, 0.15) is 11.5 Å². The number of furan rings is 1. The molecule has 1 aromatic carbocycles. The summed E-state index contributed by atoms with van der Waals surface area (Å²) in [6.07, 6.45) is 3.00. The molecule has 114 valence electrons. The Balaban J connectivity index is 2.20. The molecule has 0 unspecified atom stereocenters. The van der Waals surface area contributed by atoms with E-state index in [0.29, 0.717) is 17.9 Å². The van der Waals surface area contributed by atoms with Crippen LogP contribution in [0.2, 0.25) is 0 Å². The third-order valence-corrected chi connectivity index (χ3v) is 2.97. The van der Waals surface area contributed by atoms with Crippen molar-refractivity contribution in [3.63, 3.8) is 0 Å². The number of rotatable bonds is 5. The summed E-state index contributed by atoms with van der Waals surface area (Å²) in [6, 6.07) is 10.5. The van der Waals surface area contributed by atoms with Gasteiger partial charge in [-0.1, -0.05) is 17.7 Å². The van der Waals surface area contributed by atoms with E-state index in [1.165, 1.54) is 12.3 Å². The van der Waals surface area contributed by atoms with Crippen LogP contribution in [-0.4, -0.2) is 18.4 Å². The first-order valence-corrected chi connectivity index (χ1v) is 7.01. The molecule has 5 heteroatoms. The fourth-order valence-corrected chi connectivity index (χ4v) is 1.83. The molecule has 0 saturated carbocycles.